The Labute approximate surface area is 91.4 Å². The Morgan fingerprint density at radius 2 is 2.07 bits per heavy atom. The molecular formula is C12H20O3. The molecule has 0 aromatic carbocycles. The van der Waals surface area contributed by atoms with Crippen LogP contribution < -0.4 is 0 Å². The van der Waals surface area contributed by atoms with Crippen LogP contribution in [0.15, 0.2) is 11.6 Å². The molecule has 0 N–H and O–H groups in total. The first kappa shape index (κ1) is 12.2. The Hall–Kier alpha value is -0.830. The first-order valence-electron chi connectivity index (χ1n) is 5.44. The van der Waals surface area contributed by atoms with E-state index in [9.17, 15) is 4.79 Å². The van der Waals surface area contributed by atoms with Gasteiger partial charge in [0.2, 0.25) is 0 Å². The Bertz CT molecular complexity index is 253. The van der Waals surface area contributed by atoms with Gasteiger partial charge in [-0.1, -0.05) is 5.57 Å². The van der Waals surface area contributed by atoms with E-state index < -0.39 is 0 Å². The smallest absolute Gasteiger partial charge is 0.330 e. The molecule has 1 rings (SSSR count). The van der Waals surface area contributed by atoms with Crippen molar-refractivity contribution in [2.24, 2.45) is 0 Å². The minimum absolute atomic E-state index is 0.0971. The summed E-state index contributed by atoms with van der Waals surface area (Å²) in [5.41, 5.74) is 1.03. The van der Waals surface area contributed by atoms with E-state index in [2.05, 4.69) is 0 Å². The quantitative estimate of drug-likeness (QED) is 0.532. The Balaban J connectivity index is 2.28. The minimum atomic E-state index is -0.235. The lowest BCUT2D eigenvalue weighted by atomic mass is 9.88. The van der Waals surface area contributed by atoms with Crippen LogP contribution in [0.3, 0.4) is 0 Å². The van der Waals surface area contributed by atoms with Crippen molar-refractivity contribution in [3.63, 3.8) is 0 Å². The van der Waals surface area contributed by atoms with E-state index in [4.69, 9.17) is 9.47 Å². The molecule has 0 atom stereocenters. The second kappa shape index (κ2) is 4.79. The Morgan fingerprint density at radius 3 is 2.53 bits per heavy atom. The van der Waals surface area contributed by atoms with Crippen molar-refractivity contribution in [1.82, 2.24) is 0 Å². The van der Waals surface area contributed by atoms with E-state index >= 15 is 0 Å². The number of esters is 1. The van der Waals surface area contributed by atoms with Crippen LogP contribution in [0.4, 0.5) is 0 Å². The van der Waals surface area contributed by atoms with Gasteiger partial charge in [-0.2, -0.15) is 0 Å². The van der Waals surface area contributed by atoms with Gasteiger partial charge in [-0.25, -0.2) is 4.79 Å². The lowest BCUT2D eigenvalue weighted by molar-refractivity contribution is -0.137. The highest BCUT2D eigenvalue weighted by molar-refractivity contribution is 5.83. The molecule has 15 heavy (non-hydrogen) atoms. The zero-order valence-corrected chi connectivity index (χ0v) is 10.0. The average molecular weight is 212 g/mol. The summed E-state index contributed by atoms with van der Waals surface area (Å²) in [5, 5.41) is 0. The van der Waals surface area contributed by atoms with Crippen molar-refractivity contribution >= 4 is 5.97 Å². The molecule has 86 valence electrons. The molecule has 1 aliphatic rings. The van der Waals surface area contributed by atoms with Gasteiger partial charge < -0.3 is 9.47 Å². The SMILES string of the molecule is CCOC(=O)C=C1CC(OC(C)(C)C)C1. The molecule has 0 spiro atoms. The standard InChI is InChI=1S/C12H20O3/c1-5-14-11(13)8-9-6-10(7-9)15-12(2,3)4/h8,10H,5-7H2,1-4H3. The van der Waals surface area contributed by atoms with Crippen molar-refractivity contribution in [2.45, 2.75) is 52.2 Å². The van der Waals surface area contributed by atoms with Crippen LogP contribution >= 0.6 is 0 Å². The summed E-state index contributed by atoms with van der Waals surface area (Å²) in [4.78, 5) is 11.1. The van der Waals surface area contributed by atoms with Gasteiger partial charge >= 0.3 is 5.97 Å². The van der Waals surface area contributed by atoms with Crippen LogP contribution in [0.2, 0.25) is 0 Å². The van der Waals surface area contributed by atoms with Crippen LogP contribution in [0.1, 0.15) is 40.5 Å². The predicted molar refractivity (Wildman–Crippen MR) is 58.6 cm³/mol. The fourth-order valence-electron chi connectivity index (χ4n) is 1.58. The van der Waals surface area contributed by atoms with Gasteiger partial charge in [0.1, 0.15) is 0 Å². The third-order valence-electron chi connectivity index (χ3n) is 2.11. The molecule has 3 heteroatoms. The van der Waals surface area contributed by atoms with E-state index in [1.54, 1.807) is 6.08 Å². The van der Waals surface area contributed by atoms with Gasteiger partial charge in [-0.15, -0.1) is 0 Å². The average Bonchev–Trinajstić information content (AvgIpc) is 1.98. The molecular weight excluding hydrogens is 192 g/mol. The van der Waals surface area contributed by atoms with E-state index in [1.165, 1.54) is 0 Å². The molecule has 3 nitrogen and oxygen atoms in total. The monoisotopic (exact) mass is 212 g/mol. The van der Waals surface area contributed by atoms with Crippen LogP contribution in [0, 0.1) is 0 Å². The highest BCUT2D eigenvalue weighted by atomic mass is 16.5. The summed E-state index contributed by atoms with van der Waals surface area (Å²) in [6, 6.07) is 0. The number of carbonyl (C=O) groups is 1. The summed E-state index contributed by atoms with van der Waals surface area (Å²) in [6.07, 6.45) is 3.57. The van der Waals surface area contributed by atoms with E-state index in [-0.39, 0.29) is 17.7 Å². The summed E-state index contributed by atoms with van der Waals surface area (Å²) >= 11 is 0. The van der Waals surface area contributed by atoms with Crippen molar-refractivity contribution in [3.8, 4) is 0 Å². The molecule has 1 saturated carbocycles. The predicted octanol–water partition coefficient (Wildman–Crippen LogP) is 2.45. The lowest BCUT2D eigenvalue weighted by Crippen LogP contribution is -2.33. The maximum Gasteiger partial charge on any atom is 0.330 e. The fraction of sp³-hybridized carbons (Fsp3) is 0.750. The minimum Gasteiger partial charge on any atom is -0.463 e. The molecule has 0 aromatic rings. The third kappa shape index (κ3) is 4.47. The van der Waals surface area contributed by atoms with Crippen LogP contribution in [0.25, 0.3) is 0 Å². The zero-order valence-electron chi connectivity index (χ0n) is 10.0. The molecule has 0 saturated heterocycles. The number of hydrogen-bond acceptors (Lipinski definition) is 3. The summed E-state index contributed by atoms with van der Waals surface area (Å²) in [7, 11) is 0. The number of carbonyl (C=O) groups excluding carboxylic acids is 1. The highest BCUT2D eigenvalue weighted by Gasteiger charge is 2.28. The summed E-state index contributed by atoms with van der Waals surface area (Å²) < 4.78 is 10.6. The van der Waals surface area contributed by atoms with Gasteiger partial charge in [-0.3, -0.25) is 0 Å². The number of ether oxygens (including phenoxy) is 2. The van der Waals surface area contributed by atoms with Crippen LogP contribution in [0.5, 0.6) is 0 Å². The molecule has 1 fully saturated rings. The van der Waals surface area contributed by atoms with Crippen molar-refractivity contribution in [3.05, 3.63) is 11.6 Å². The van der Waals surface area contributed by atoms with Gasteiger partial charge in [0.25, 0.3) is 0 Å². The maximum atomic E-state index is 11.1. The highest BCUT2D eigenvalue weighted by Crippen LogP contribution is 2.32. The number of hydrogen-bond donors (Lipinski definition) is 0. The zero-order chi connectivity index (χ0) is 11.5. The van der Waals surface area contributed by atoms with Gasteiger partial charge in [-0.05, 0) is 40.5 Å². The molecule has 0 unspecified atom stereocenters. The van der Waals surface area contributed by atoms with Gasteiger partial charge in [0, 0.05) is 6.08 Å². The molecule has 0 radical (unpaired) electrons. The van der Waals surface area contributed by atoms with Crippen LogP contribution in [-0.4, -0.2) is 24.3 Å². The van der Waals surface area contributed by atoms with Crippen molar-refractivity contribution in [1.29, 1.82) is 0 Å². The molecule has 0 heterocycles. The van der Waals surface area contributed by atoms with Gasteiger partial charge in [0.05, 0.1) is 18.3 Å². The van der Waals surface area contributed by atoms with Gasteiger partial charge in [0.15, 0.2) is 0 Å². The van der Waals surface area contributed by atoms with Crippen molar-refractivity contribution < 1.29 is 14.3 Å². The summed E-state index contributed by atoms with van der Waals surface area (Å²) in [5.74, 6) is -0.235. The van der Waals surface area contributed by atoms with E-state index in [1.807, 2.05) is 27.7 Å². The molecule has 0 bridgehead atoms. The molecule has 0 aromatic heterocycles. The first-order chi connectivity index (χ1) is 6.90. The van der Waals surface area contributed by atoms with E-state index in [0.717, 1.165) is 18.4 Å². The first-order valence-corrected chi connectivity index (χ1v) is 5.44. The largest absolute Gasteiger partial charge is 0.463 e. The maximum absolute atomic E-state index is 11.1. The fourth-order valence-corrected chi connectivity index (χ4v) is 1.58. The second-order valence-corrected chi connectivity index (χ2v) is 4.82. The summed E-state index contributed by atoms with van der Waals surface area (Å²) in [6.45, 7) is 8.37. The normalized spacial score (nSPS) is 20.8. The number of rotatable bonds is 3. The topological polar surface area (TPSA) is 35.5 Å². The third-order valence-corrected chi connectivity index (χ3v) is 2.11. The van der Waals surface area contributed by atoms with Crippen LogP contribution in [-0.2, 0) is 14.3 Å². The second-order valence-electron chi connectivity index (χ2n) is 4.82. The molecule has 0 amide bonds. The Kier molecular flexibility index (Phi) is 3.91. The van der Waals surface area contributed by atoms with Crippen molar-refractivity contribution in [2.75, 3.05) is 6.61 Å². The lowest BCUT2D eigenvalue weighted by Gasteiger charge is -2.35. The Morgan fingerprint density at radius 1 is 1.47 bits per heavy atom. The van der Waals surface area contributed by atoms with E-state index in [0.29, 0.717) is 6.61 Å². The molecule has 0 aliphatic heterocycles. The molecule has 1 aliphatic carbocycles.